The van der Waals surface area contributed by atoms with Gasteiger partial charge in [0, 0.05) is 12.2 Å². The predicted octanol–water partition coefficient (Wildman–Crippen LogP) is 4.99. The number of benzene rings is 2. The zero-order chi connectivity index (χ0) is 21.7. The number of anilines is 2. The molecule has 0 unspecified atom stereocenters. The van der Waals surface area contributed by atoms with Crippen LogP contribution in [0.2, 0.25) is 0 Å². The summed E-state index contributed by atoms with van der Waals surface area (Å²) in [7, 11) is 0. The van der Waals surface area contributed by atoms with Crippen molar-refractivity contribution in [1.29, 1.82) is 0 Å². The van der Waals surface area contributed by atoms with Gasteiger partial charge in [0.25, 0.3) is 5.91 Å². The van der Waals surface area contributed by atoms with Crippen LogP contribution < -0.4 is 16.0 Å². The molecule has 156 valence electrons. The molecule has 6 nitrogen and oxygen atoms in total. The van der Waals surface area contributed by atoms with Crippen molar-refractivity contribution in [2.24, 2.45) is 0 Å². The van der Waals surface area contributed by atoms with Gasteiger partial charge < -0.3 is 10.6 Å². The Labute approximate surface area is 180 Å². The molecule has 30 heavy (non-hydrogen) atoms. The Morgan fingerprint density at radius 1 is 0.967 bits per heavy atom. The van der Waals surface area contributed by atoms with Crippen LogP contribution in [-0.4, -0.2) is 23.5 Å². The summed E-state index contributed by atoms with van der Waals surface area (Å²) < 4.78 is 0. The summed E-state index contributed by atoms with van der Waals surface area (Å²) in [5.74, 6) is -0.224. The number of aryl methyl sites for hydroxylation is 4. The smallest absolute Gasteiger partial charge is 0.321 e. The fraction of sp³-hybridized carbons (Fsp3) is 0.261. The summed E-state index contributed by atoms with van der Waals surface area (Å²) in [6, 6.07) is 13.7. The van der Waals surface area contributed by atoms with Crippen molar-refractivity contribution in [1.82, 2.24) is 10.3 Å². The Hall–Kier alpha value is -3.19. The molecule has 0 fully saturated rings. The zero-order valence-electron chi connectivity index (χ0n) is 17.6. The quantitative estimate of drug-likeness (QED) is 0.523. The lowest BCUT2D eigenvalue weighted by Crippen LogP contribution is -2.30. The van der Waals surface area contributed by atoms with E-state index < -0.39 is 0 Å². The van der Waals surface area contributed by atoms with E-state index in [1.54, 1.807) is 6.92 Å². The summed E-state index contributed by atoms with van der Waals surface area (Å²) in [5, 5.41) is 8.91. The molecular formula is C23H26N4O2S. The molecule has 0 saturated heterocycles. The van der Waals surface area contributed by atoms with Crippen molar-refractivity contribution >= 4 is 34.1 Å². The highest BCUT2D eigenvalue weighted by atomic mass is 32.1. The fourth-order valence-corrected chi connectivity index (χ4v) is 4.17. The summed E-state index contributed by atoms with van der Waals surface area (Å²) in [6.45, 7) is 8.25. The molecular weight excluding hydrogens is 396 g/mol. The number of nitrogens with zero attached hydrogens (tertiary/aromatic N) is 1. The molecule has 1 heterocycles. The fourth-order valence-electron chi connectivity index (χ4n) is 3.31. The van der Waals surface area contributed by atoms with Crippen LogP contribution in [0.25, 0.3) is 0 Å². The Bertz CT molecular complexity index is 1040. The molecule has 0 bridgehead atoms. The van der Waals surface area contributed by atoms with E-state index >= 15 is 0 Å². The summed E-state index contributed by atoms with van der Waals surface area (Å²) in [5.41, 5.74) is 5.73. The summed E-state index contributed by atoms with van der Waals surface area (Å²) in [6.07, 6.45) is 0.744. The lowest BCUT2D eigenvalue weighted by Gasteiger charge is -2.12. The van der Waals surface area contributed by atoms with Gasteiger partial charge in [0.05, 0.1) is 5.69 Å². The first-order valence-corrected chi connectivity index (χ1v) is 10.6. The minimum atomic E-state index is -0.336. The molecule has 3 rings (SSSR count). The zero-order valence-corrected chi connectivity index (χ0v) is 18.4. The third-order valence-corrected chi connectivity index (χ3v) is 5.75. The number of aromatic nitrogens is 1. The van der Waals surface area contributed by atoms with Crippen LogP contribution in [-0.2, 0) is 6.42 Å². The highest BCUT2D eigenvalue weighted by Crippen LogP contribution is 2.26. The van der Waals surface area contributed by atoms with Gasteiger partial charge in [-0.3, -0.25) is 10.1 Å². The average Bonchev–Trinajstić information content (AvgIpc) is 3.05. The normalized spacial score (nSPS) is 10.5. The van der Waals surface area contributed by atoms with Crippen LogP contribution in [0.3, 0.4) is 0 Å². The second-order valence-electron chi connectivity index (χ2n) is 7.28. The van der Waals surface area contributed by atoms with E-state index in [2.05, 4.69) is 20.9 Å². The van der Waals surface area contributed by atoms with E-state index in [1.165, 1.54) is 0 Å². The molecule has 1 aromatic heterocycles. The monoisotopic (exact) mass is 422 g/mol. The first-order valence-electron chi connectivity index (χ1n) is 9.79. The maximum atomic E-state index is 12.8. The van der Waals surface area contributed by atoms with E-state index in [4.69, 9.17) is 0 Å². The van der Waals surface area contributed by atoms with Crippen molar-refractivity contribution in [3.05, 3.63) is 75.3 Å². The van der Waals surface area contributed by atoms with Crippen molar-refractivity contribution < 1.29 is 9.59 Å². The maximum absolute atomic E-state index is 12.8. The number of amides is 3. The van der Waals surface area contributed by atoms with Gasteiger partial charge in [-0.1, -0.05) is 59.4 Å². The van der Waals surface area contributed by atoms with Gasteiger partial charge in [-0.05, 0) is 50.8 Å². The molecule has 3 N–H and O–H groups in total. The number of hydrogen-bond acceptors (Lipinski definition) is 4. The average molecular weight is 423 g/mol. The van der Waals surface area contributed by atoms with Crippen molar-refractivity contribution in [2.45, 2.75) is 34.1 Å². The number of thiazole rings is 1. The van der Waals surface area contributed by atoms with E-state index in [1.807, 2.05) is 63.2 Å². The first-order chi connectivity index (χ1) is 14.3. The molecule has 0 saturated carbocycles. The number of nitrogens with one attached hydrogen (secondary N) is 3. The minimum absolute atomic E-state index is 0.224. The summed E-state index contributed by atoms with van der Waals surface area (Å²) >= 11 is 1.16. The van der Waals surface area contributed by atoms with Crippen molar-refractivity contribution in [2.75, 3.05) is 17.2 Å². The molecule has 0 aliphatic rings. The molecule has 0 spiro atoms. The van der Waals surface area contributed by atoms with Gasteiger partial charge in [0.15, 0.2) is 5.13 Å². The predicted molar refractivity (Wildman–Crippen MR) is 123 cm³/mol. The van der Waals surface area contributed by atoms with Gasteiger partial charge >= 0.3 is 6.03 Å². The van der Waals surface area contributed by atoms with Crippen LogP contribution in [0.1, 0.15) is 37.6 Å². The number of rotatable bonds is 6. The number of urea groups is 1. The Morgan fingerprint density at radius 3 is 2.30 bits per heavy atom. The molecule has 3 aromatic rings. The second-order valence-corrected chi connectivity index (χ2v) is 8.28. The molecule has 7 heteroatoms. The minimum Gasteiger partial charge on any atom is -0.337 e. The van der Waals surface area contributed by atoms with Crippen LogP contribution in [0, 0.1) is 27.7 Å². The Balaban J connectivity index is 1.59. The SMILES string of the molecule is Cc1cc(C)c(NC(=O)c2sc(NC(=O)NCCc3ccccc3)nc2C)c(C)c1. The van der Waals surface area contributed by atoms with Gasteiger partial charge in [0.1, 0.15) is 4.88 Å². The maximum Gasteiger partial charge on any atom is 0.321 e. The largest absolute Gasteiger partial charge is 0.337 e. The van der Waals surface area contributed by atoms with Gasteiger partial charge in [-0.2, -0.15) is 0 Å². The molecule has 3 amide bonds. The van der Waals surface area contributed by atoms with Crippen LogP contribution in [0.4, 0.5) is 15.6 Å². The van der Waals surface area contributed by atoms with Crippen molar-refractivity contribution in [3.63, 3.8) is 0 Å². The molecule has 0 radical (unpaired) electrons. The Morgan fingerprint density at radius 2 is 1.63 bits per heavy atom. The highest BCUT2D eigenvalue weighted by Gasteiger charge is 2.18. The number of hydrogen-bond donors (Lipinski definition) is 3. The second kappa shape index (κ2) is 9.54. The van der Waals surface area contributed by atoms with Crippen LogP contribution in [0.5, 0.6) is 0 Å². The lowest BCUT2D eigenvalue weighted by atomic mass is 10.1. The molecule has 0 aliphatic carbocycles. The van der Waals surface area contributed by atoms with Gasteiger partial charge in [0.2, 0.25) is 0 Å². The molecule has 0 atom stereocenters. The third kappa shape index (κ3) is 5.45. The Kier molecular flexibility index (Phi) is 6.84. The molecule has 2 aromatic carbocycles. The third-order valence-electron chi connectivity index (χ3n) is 4.68. The van der Waals surface area contributed by atoms with E-state index in [9.17, 15) is 9.59 Å². The van der Waals surface area contributed by atoms with Crippen LogP contribution in [0.15, 0.2) is 42.5 Å². The van der Waals surface area contributed by atoms with Gasteiger partial charge in [-0.25, -0.2) is 9.78 Å². The number of carbonyl (C=O) groups excluding carboxylic acids is 2. The van der Waals surface area contributed by atoms with Crippen LogP contribution >= 0.6 is 11.3 Å². The summed E-state index contributed by atoms with van der Waals surface area (Å²) in [4.78, 5) is 29.7. The topological polar surface area (TPSA) is 83.1 Å². The van der Waals surface area contributed by atoms with E-state index in [0.717, 1.165) is 45.7 Å². The lowest BCUT2D eigenvalue weighted by molar-refractivity contribution is 0.102. The van der Waals surface area contributed by atoms with Gasteiger partial charge in [-0.15, -0.1) is 0 Å². The van der Waals surface area contributed by atoms with Crippen molar-refractivity contribution in [3.8, 4) is 0 Å². The van der Waals surface area contributed by atoms with E-state index in [0.29, 0.717) is 22.2 Å². The molecule has 0 aliphatic heterocycles. The highest BCUT2D eigenvalue weighted by molar-refractivity contribution is 7.17. The van der Waals surface area contributed by atoms with E-state index in [-0.39, 0.29) is 11.9 Å². The number of carbonyl (C=O) groups is 2. The first kappa shape index (κ1) is 21.5. The standard InChI is InChI=1S/C23H26N4O2S/c1-14-12-15(2)19(16(3)13-14)26-21(28)20-17(4)25-23(30-20)27-22(29)24-11-10-18-8-6-5-7-9-18/h5-9,12-13H,10-11H2,1-4H3,(H,26,28)(H2,24,25,27,29).